The van der Waals surface area contributed by atoms with Crippen LogP contribution >= 0.6 is 0 Å². The first-order valence-corrected chi connectivity index (χ1v) is 7.31. The van der Waals surface area contributed by atoms with Gasteiger partial charge in [0.05, 0.1) is 23.5 Å². The molecule has 3 rings (SSSR count). The van der Waals surface area contributed by atoms with Gasteiger partial charge in [0.15, 0.2) is 0 Å². The third-order valence-corrected chi connectivity index (χ3v) is 3.90. The summed E-state index contributed by atoms with van der Waals surface area (Å²) in [5.41, 5.74) is 4.74. The van der Waals surface area contributed by atoms with Gasteiger partial charge in [-0.15, -0.1) is 4.94 Å². The summed E-state index contributed by atoms with van der Waals surface area (Å²) in [5.74, 6) is -0.403. The van der Waals surface area contributed by atoms with E-state index in [-0.39, 0.29) is 0 Å². The van der Waals surface area contributed by atoms with Gasteiger partial charge >= 0.3 is 5.97 Å². The molecule has 2 N–H and O–H groups in total. The molecule has 0 aliphatic carbocycles. The van der Waals surface area contributed by atoms with E-state index in [4.69, 9.17) is 9.68 Å². The van der Waals surface area contributed by atoms with Crippen molar-refractivity contribution in [3.63, 3.8) is 0 Å². The maximum Gasteiger partial charge on any atom is 0.340 e. The minimum absolute atomic E-state index is 0.301. The summed E-state index contributed by atoms with van der Waals surface area (Å²) in [4.78, 5) is 21.5. The molecular weight excluding hydrogens is 288 g/mol. The zero-order valence-electron chi connectivity index (χ0n) is 12.7. The van der Waals surface area contributed by atoms with E-state index >= 15 is 0 Å². The molecule has 0 saturated carbocycles. The van der Waals surface area contributed by atoms with E-state index in [0.29, 0.717) is 34.5 Å². The molecule has 120 valence electrons. The highest BCUT2D eigenvalue weighted by molar-refractivity contribution is 6.02. The largest absolute Gasteiger partial charge is 0.462 e. The molecule has 1 aromatic carbocycles. The van der Waals surface area contributed by atoms with Crippen molar-refractivity contribution in [1.82, 2.24) is 4.90 Å². The first kappa shape index (κ1) is 14.9. The summed E-state index contributed by atoms with van der Waals surface area (Å²) >= 11 is 0. The second-order valence-corrected chi connectivity index (χ2v) is 5.33. The smallest absolute Gasteiger partial charge is 0.340 e. The van der Waals surface area contributed by atoms with Gasteiger partial charge in [-0.1, -0.05) is 5.23 Å². The first-order valence-electron chi connectivity index (χ1n) is 7.31. The lowest BCUT2D eigenvalue weighted by Gasteiger charge is -2.35. The van der Waals surface area contributed by atoms with Gasteiger partial charge in [0.1, 0.15) is 5.69 Å². The number of nitrogens with zero attached hydrogens (tertiary/aromatic N) is 3. The monoisotopic (exact) mass is 308 g/mol. The molecule has 2 heterocycles. The molecule has 1 fully saturated rings. The summed E-state index contributed by atoms with van der Waals surface area (Å²) in [6.45, 7) is 5.34. The molecule has 0 radical (unpaired) electrons. The molecule has 0 amide bonds. The van der Waals surface area contributed by atoms with Crippen LogP contribution in [0.5, 0.6) is 0 Å². The number of nitrogens with one attached hydrogen (secondary N) is 1. The lowest BCUT2D eigenvalue weighted by atomic mass is 10.1. The lowest BCUT2D eigenvalue weighted by Crippen LogP contribution is -2.45. The summed E-state index contributed by atoms with van der Waals surface area (Å²) in [7, 11) is 2.06. The topological polar surface area (TPSA) is 77.5 Å². The number of hydrogen-bond acceptors (Lipinski definition) is 8. The normalized spacial score (nSPS) is 18.1. The number of esters is 1. The molecule has 0 unspecified atom stereocenters. The predicted octanol–water partition coefficient (Wildman–Crippen LogP) is 1.08. The van der Waals surface area contributed by atoms with Crippen molar-refractivity contribution in [2.45, 2.75) is 6.92 Å². The van der Waals surface area contributed by atoms with Crippen molar-refractivity contribution in [1.29, 1.82) is 0 Å². The number of carbonyl (C=O) groups excluding carboxylic acids is 1. The van der Waals surface area contributed by atoms with Crippen molar-refractivity contribution >= 4 is 23.0 Å². The first-order chi connectivity index (χ1) is 10.6. The zero-order valence-corrected chi connectivity index (χ0v) is 12.7. The molecule has 8 heteroatoms. The van der Waals surface area contributed by atoms with E-state index in [1.165, 1.54) is 0 Å². The van der Waals surface area contributed by atoms with Gasteiger partial charge < -0.3 is 14.5 Å². The van der Waals surface area contributed by atoms with E-state index in [0.717, 1.165) is 26.2 Å². The van der Waals surface area contributed by atoms with Crippen molar-refractivity contribution in [3.8, 4) is 0 Å². The van der Waals surface area contributed by atoms with Gasteiger partial charge in [-0.3, -0.25) is 5.21 Å². The summed E-state index contributed by atoms with van der Waals surface area (Å²) < 4.78 is 5.14. The number of hydrogen-bond donors (Lipinski definition) is 2. The molecule has 2 aliphatic heterocycles. The number of carbonyl (C=O) groups is 1. The molecule has 0 aromatic heterocycles. The van der Waals surface area contributed by atoms with Gasteiger partial charge in [-0.2, -0.15) is 0 Å². The third-order valence-electron chi connectivity index (χ3n) is 3.90. The van der Waals surface area contributed by atoms with Gasteiger partial charge in [-0.05, 0) is 26.1 Å². The molecule has 1 aromatic rings. The van der Waals surface area contributed by atoms with Crippen LogP contribution in [0.2, 0.25) is 0 Å². The van der Waals surface area contributed by atoms with Gasteiger partial charge in [0, 0.05) is 26.2 Å². The Balaban J connectivity index is 2.04. The van der Waals surface area contributed by atoms with Crippen molar-refractivity contribution in [2.75, 3.05) is 55.4 Å². The fourth-order valence-electron chi connectivity index (χ4n) is 2.72. The van der Waals surface area contributed by atoms with Crippen LogP contribution in [-0.4, -0.2) is 55.9 Å². The Hall–Kier alpha value is -2.03. The number of fused-ring (bicyclic) bond motifs is 1. The zero-order chi connectivity index (χ0) is 15.7. The molecule has 1 saturated heterocycles. The van der Waals surface area contributed by atoms with E-state index in [2.05, 4.69) is 22.3 Å². The third kappa shape index (κ3) is 2.56. The highest BCUT2D eigenvalue weighted by atomic mass is 17.0. The summed E-state index contributed by atoms with van der Waals surface area (Å²) in [6, 6.07) is 3.39. The summed E-state index contributed by atoms with van der Waals surface area (Å²) in [6.07, 6.45) is 0. The number of rotatable bonds is 3. The molecule has 0 spiro atoms. The Morgan fingerprint density at radius 2 is 2.05 bits per heavy atom. The highest BCUT2D eigenvalue weighted by Gasteiger charge is 2.32. The Morgan fingerprint density at radius 1 is 1.32 bits per heavy atom. The van der Waals surface area contributed by atoms with Crippen LogP contribution < -0.4 is 15.6 Å². The van der Waals surface area contributed by atoms with Gasteiger partial charge in [0.25, 0.3) is 0 Å². The Bertz CT molecular complexity index is 572. The summed E-state index contributed by atoms with van der Waals surface area (Å²) in [5, 5.41) is 10.6. The van der Waals surface area contributed by atoms with Crippen molar-refractivity contribution in [2.24, 2.45) is 0 Å². The fourth-order valence-corrected chi connectivity index (χ4v) is 2.72. The number of ether oxygens (including phenoxy) is 1. The average molecular weight is 308 g/mol. The van der Waals surface area contributed by atoms with Crippen LogP contribution in [0.15, 0.2) is 12.1 Å². The standard InChI is InChI=1S/C14H20N4O4/c1-3-21-14(19)10-4-5-11-13(18(20)22-15-11)12(10)17-8-6-16(2)7-9-17/h4-5,15,20H,3,6-9H2,1-2H3. The molecular formula is C14H20N4O4. The Morgan fingerprint density at radius 3 is 2.73 bits per heavy atom. The van der Waals surface area contributed by atoms with Crippen LogP contribution in [0.3, 0.4) is 0 Å². The van der Waals surface area contributed by atoms with Crippen molar-refractivity contribution in [3.05, 3.63) is 17.7 Å². The minimum Gasteiger partial charge on any atom is -0.462 e. The van der Waals surface area contributed by atoms with Crippen LogP contribution in [0, 0.1) is 0 Å². The molecule has 22 heavy (non-hydrogen) atoms. The lowest BCUT2D eigenvalue weighted by molar-refractivity contribution is 0.000754. The molecule has 0 atom stereocenters. The maximum absolute atomic E-state index is 12.3. The van der Waals surface area contributed by atoms with Crippen LogP contribution in [0.4, 0.5) is 17.1 Å². The number of piperazine rings is 1. The number of benzene rings is 1. The van der Waals surface area contributed by atoms with Crippen LogP contribution in [0.1, 0.15) is 17.3 Å². The SMILES string of the molecule is CCOC(=O)c1ccc2c(c1N1CCN(C)CC1)N(O)ON2. The van der Waals surface area contributed by atoms with Gasteiger partial charge in [0.2, 0.25) is 0 Å². The van der Waals surface area contributed by atoms with Gasteiger partial charge in [-0.25, -0.2) is 10.3 Å². The fraction of sp³-hybridized carbons (Fsp3) is 0.500. The number of anilines is 3. The van der Waals surface area contributed by atoms with E-state index < -0.39 is 5.97 Å². The quantitative estimate of drug-likeness (QED) is 0.803. The second kappa shape index (κ2) is 5.99. The van der Waals surface area contributed by atoms with Crippen molar-refractivity contribution < 1.29 is 19.7 Å². The van der Waals surface area contributed by atoms with Crippen LogP contribution in [0.25, 0.3) is 0 Å². The average Bonchev–Trinajstić information content (AvgIpc) is 2.89. The maximum atomic E-state index is 12.3. The Kier molecular flexibility index (Phi) is 4.06. The minimum atomic E-state index is -0.403. The predicted molar refractivity (Wildman–Crippen MR) is 81.1 cm³/mol. The molecule has 8 nitrogen and oxygen atoms in total. The second-order valence-electron chi connectivity index (χ2n) is 5.33. The van der Waals surface area contributed by atoms with E-state index in [1.54, 1.807) is 19.1 Å². The number of likely N-dealkylation sites (N-methyl/N-ethyl adjacent to an activating group) is 1. The van der Waals surface area contributed by atoms with E-state index in [1.807, 2.05) is 0 Å². The van der Waals surface area contributed by atoms with E-state index in [9.17, 15) is 10.0 Å². The molecule has 2 aliphatic rings. The van der Waals surface area contributed by atoms with Crippen LogP contribution in [-0.2, 0) is 9.68 Å². The Labute approximate surface area is 128 Å². The highest BCUT2D eigenvalue weighted by Crippen LogP contribution is 2.43. The molecule has 0 bridgehead atoms.